The molecule has 1 heterocycles. The average molecular weight is 266 g/mol. The Hall–Kier alpha value is -1.61. The van der Waals surface area contributed by atoms with Crippen LogP contribution in [0.3, 0.4) is 0 Å². The number of aromatic nitrogens is 1. The van der Waals surface area contributed by atoms with Gasteiger partial charge in [0, 0.05) is 10.7 Å². The molecule has 0 atom stereocenters. The molecule has 1 aromatic heterocycles. The van der Waals surface area contributed by atoms with Gasteiger partial charge in [-0.05, 0) is 50.1 Å². The molecule has 94 valence electrons. The molecular formula is C14H13ClFNO. The van der Waals surface area contributed by atoms with Crippen molar-refractivity contribution in [3.8, 4) is 0 Å². The summed E-state index contributed by atoms with van der Waals surface area (Å²) < 4.78 is 13.7. The smallest absolute Gasteiger partial charge is 0.212 e. The lowest BCUT2D eigenvalue weighted by Gasteiger charge is -2.03. The first-order valence-corrected chi connectivity index (χ1v) is 5.95. The quantitative estimate of drug-likeness (QED) is 0.819. The summed E-state index contributed by atoms with van der Waals surface area (Å²) >= 11 is 5.80. The van der Waals surface area contributed by atoms with Crippen molar-refractivity contribution in [1.82, 2.24) is 4.98 Å². The summed E-state index contributed by atoms with van der Waals surface area (Å²) in [5.41, 5.74) is 3.19. The molecule has 2 rings (SSSR count). The number of aromatic amines is 1. The first-order valence-electron chi connectivity index (χ1n) is 5.57. The summed E-state index contributed by atoms with van der Waals surface area (Å²) in [6.07, 6.45) is 0. The third-order valence-corrected chi connectivity index (χ3v) is 3.45. The van der Waals surface area contributed by atoms with E-state index in [4.69, 9.17) is 11.6 Å². The van der Waals surface area contributed by atoms with Crippen LogP contribution in [-0.2, 0) is 0 Å². The fourth-order valence-corrected chi connectivity index (χ4v) is 2.05. The Labute approximate surface area is 110 Å². The van der Waals surface area contributed by atoms with Crippen molar-refractivity contribution in [2.24, 2.45) is 0 Å². The molecule has 0 saturated carbocycles. The van der Waals surface area contributed by atoms with Crippen LogP contribution in [-0.4, -0.2) is 10.8 Å². The van der Waals surface area contributed by atoms with Gasteiger partial charge in [-0.1, -0.05) is 11.6 Å². The number of halogens is 2. The molecule has 0 aliphatic heterocycles. The van der Waals surface area contributed by atoms with Crippen LogP contribution in [0.1, 0.15) is 32.9 Å². The van der Waals surface area contributed by atoms with Crippen molar-refractivity contribution in [3.05, 3.63) is 57.1 Å². The Morgan fingerprint density at radius 1 is 1.22 bits per heavy atom. The van der Waals surface area contributed by atoms with Crippen LogP contribution in [0.5, 0.6) is 0 Å². The molecule has 0 saturated heterocycles. The van der Waals surface area contributed by atoms with E-state index < -0.39 is 5.82 Å². The topological polar surface area (TPSA) is 32.9 Å². The fraction of sp³-hybridized carbons (Fsp3) is 0.214. The molecule has 0 radical (unpaired) electrons. The minimum absolute atomic E-state index is 0.00755. The predicted molar refractivity (Wildman–Crippen MR) is 69.8 cm³/mol. The summed E-state index contributed by atoms with van der Waals surface area (Å²) in [6.45, 7) is 5.65. The first-order chi connectivity index (χ1) is 8.41. The second kappa shape index (κ2) is 4.58. The zero-order valence-corrected chi connectivity index (χ0v) is 11.2. The Balaban J connectivity index is 2.54. The number of nitrogens with one attached hydrogen (secondary N) is 1. The number of hydrogen-bond acceptors (Lipinski definition) is 1. The summed E-state index contributed by atoms with van der Waals surface area (Å²) in [5, 5.41) is 0.345. The minimum Gasteiger partial charge on any atom is -0.356 e. The number of benzene rings is 1. The van der Waals surface area contributed by atoms with Gasteiger partial charge >= 0.3 is 0 Å². The minimum atomic E-state index is -0.561. The van der Waals surface area contributed by atoms with E-state index in [2.05, 4.69) is 4.98 Å². The van der Waals surface area contributed by atoms with Crippen LogP contribution in [0.4, 0.5) is 4.39 Å². The maximum atomic E-state index is 13.7. The van der Waals surface area contributed by atoms with Crippen LogP contribution >= 0.6 is 11.6 Å². The lowest BCUT2D eigenvalue weighted by molar-refractivity contribution is 0.103. The summed E-state index contributed by atoms with van der Waals surface area (Å²) in [5.74, 6) is -0.933. The van der Waals surface area contributed by atoms with Crippen LogP contribution in [0.25, 0.3) is 0 Å². The number of H-pyrrole nitrogens is 1. The molecule has 2 nitrogen and oxygen atoms in total. The van der Waals surface area contributed by atoms with E-state index in [0.717, 1.165) is 16.8 Å². The number of aryl methyl sites for hydroxylation is 1. The lowest BCUT2D eigenvalue weighted by Crippen LogP contribution is -2.06. The molecule has 0 unspecified atom stereocenters. The highest BCUT2D eigenvalue weighted by atomic mass is 35.5. The van der Waals surface area contributed by atoms with Gasteiger partial charge in [-0.25, -0.2) is 4.39 Å². The molecule has 0 bridgehead atoms. The molecule has 1 N–H and O–H groups in total. The Morgan fingerprint density at radius 3 is 2.44 bits per heavy atom. The number of ketones is 1. The number of hydrogen-bond donors (Lipinski definition) is 1. The van der Waals surface area contributed by atoms with Gasteiger partial charge in [0.15, 0.2) is 0 Å². The molecule has 0 fully saturated rings. The predicted octanol–water partition coefficient (Wildman–Crippen LogP) is 3.96. The highest BCUT2D eigenvalue weighted by Crippen LogP contribution is 2.22. The maximum absolute atomic E-state index is 13.7. The standard InChI is InChI=1S/C14H13ClFNO/c1-7-8(2)13(17-9(7)3)14(18)11-6-10(15)4-5-12(11)16/h4-6,17H,1-3H3. The Morgan fingerprint density at radius 2 is 1.89 bits per heavy atom. The van der Waals surface area contributed by atoms with Crippen molar-refractivity contribution in [3.63, 3.8) is 0 Å². The summed E-state index contributed by atoms with van der Waals surface area (Å²) in [6, 6.07) is 3.98. The van der Waals surface area contributed by atoms with Crippen LogP contribution in [0, 0.1) is 26.6 Å². The summed E-state index contributed by atoms with van der Waals surface area (Å²) in [7, 11) is 0. The van der Waals surface area contributed by atoms with Crippen molar-refractivity contribution in [1.29, 1.82) is 0 Å². The van der Waals surface area contributed by atoms with Crippen molar-refractivity contribution in [2.75, 3.05) is 0 Å². The van der Waals surface area contributed by atoms with Gasteiger partial charge in [0.2, 0.25) is 5.78 Å². The van der Waals surface area contributed by atoms with Gasteiger partial charge in [0.05, 0.1) is 11.3 Å². The van der Waals surface area contributed by atoms with Crippen LogP contribution in [0.15, 0.2) is 18.2 Å². The maximum Gasteiger partial charge on any atom is 0.212 e. The monoisotopic (exact) mass is 265 g/mol. The molecular weight excluding hydrogens is 253 g/mol. The highest BCUT2D eigenvalue weighted by Gasteiger charge is 2.19. The zero-order valence-electron chi connectivity index (χ0n) is 10.4. The van der Waals surface area contributed by atoms with E-state index in [1.165, 1.54) is 18.2 Å². The van der Waals surface area contributed by atoms with Gasteiger partial charge in [-0.2, -0.15) is 0 Å². The lowest BCUT2D eigenvalue weighted by atomic mass is 10.0. The van der Waals surface area contributed by atoms with Crippen LogP contribution in [0.2, 0.25) is 5.02 Å². The number of carbonyl (C=O) groups excluding carboxylic acids is 1. The normalized spacial score (nSPS) is 10.7. The molecule has 0 spiro atoms. The van der Waals surface area contributed by atoms with Crippen LogP contribution < -0.4 is 0 Å². The largest absolute Gasteiger partial charge is 0.356 e. The van der Waals surface area contributed by atoms with E-state index in [-0.39, 0.29) is 11.3 Å². The Kier molecular flexibility index (Phi) is 3.26. The van der Waals surface area contributed by atoms with Crippen molar-refractivity contribution in [2.45, 2.75) is 20.8 Å². The highest BCUT2D eigenvalue weighted by molar-refractivity contribution is 6.31. The van der Waals surface area contributed by atoms with E-state index in [9.17, 15) is 9.18 Å². The third-order valence-electron chi connectivity index (χ3n) is 3.21. The van der Waals surface area contributed by atoms with Crippen molar-refractivity contribution < 1.29 is 9.18 Å². The third kappa shape index (κ3) is 2.06. The van der Waals surface area contributed by atoms with Gasteiger partial charge in [-0.15, -0.1) is 0 Å². The van der Waals surface area contributed by atoms with E-state index >= 15 is 0 Å². The van der Waals surface area contributed by atoms with Gasteiger partial charge < -0.3 is 4.98 Å². The molecule has 0 aliphatic rings. The summed E-state index contributed by atoms with van der Waals surface area (Å²) in [4.78, 5) is 15.3. The zero-order chi connectivity index (χ0) is 13.4. The fourth-order valence-electron chi connectivity index (χ4n) is 1.88. The molecule has 0 aliphatic carbocycles. The second-order valence-electron chi connectivity index (χ2n) is 4.33. The number of carbonyl (C=O) groups is 1. The van der Waals surface area contributed by atoms with Gasteiger partial charge in [-0.3, -0.25) is 4.79 Å². The SMILES string of the molecule is Cc1[nH]c(C(=O)c2cc(Cl)ccc2F)c(C)c1C. The first kappa shape index (κ1) is 12.8. The molecule has 4 heteroatoms. The average Bonchev–Trinajstić information content (AvgIpc) is 2.59. The molecule has 2 aromatic rings. The van der Waals surface area contributed by atoms with Gasteiger partial charge in [0.25, 0.3) is 0 Å². The van der Waals surface area contributed by atoms with E-state index in [1.54, 1.807) is 0 Å². The Bertz CT molecular complexity index is 631. The van der Waals surface area contributed by atoms with E-state index in [0.29, 0.717) is 10.7 Å². The molecule has 0 amide bonds. The molecule has 1 aromatic carbocycles. The number of rotatable bonds is 2. The van der Waals surface area contributed by atoms with Gasteiger partial charge in [0.1, 0.15) is 5.82 Å². The molecule has 18 heavy (non-hydrogen) atoms. The second-order valence-corrected chi connectivity index (χ2v) is 4.76. The van der Waals surface area contributed by atoms with Crippen molar-refractivity contribution >= 4 is 17.4 Å². The van der Waals surface area contributed by atoms with E-state index in [1.807, 2.05) is 20.8 Å².